The standard InChI is InChI=1S/C29H41F9O/c1-2-3-6-9-22-10-12-23(13-11-22)14-15-24-16-18-25(19-17-24)39-21-8-5-4-7-20-26(30,31)27(32,33)28(34,35)29(36,37)38/h16-19,22-23H,2-15,20-21H2,1H3. The largest absolute Gasteiger partial charge is 0.494 e. The molecule has 0 amide bonds. The molecule has 1 aliphatic rings. The van der Waals surface area contributed by atoms with Gasteiger partial charge in [0.1, 0.15) is 5.75 Å². The van der Waals surface area contributed by atoms with E-state index in [1.54, 1.807) is 0 Å². The molecule has 0 aliphatic heterocycles. The lowest BCUT2D eigenvalue weighted by molar-refractivity contribution is -0.396. The summed E-state index contributed by atoms with van der Waals surface area (Å²) in [6.07, 6.45) is 4.22. The summed E-state index contributed by atoms with van der Waals surface area (Å²) < 4.78 is 121. The Labute approximate surface area is 225 Å². The second kappa shape index (κ2) is 14.9. The van der Waals surface area contributed by atoms with E-state index < -0.39 is 36.8 Å². The number of aryl methyl sites for hydroxylation is 1. The number of ether oxygens (including phenoxy) is 1. The van der Waals surface area contributed by atoms with Crippen LogP contribution in [-0.4, -0.2) is 30.6 Å². The molecule has 2 rings (SSSR count). The highest BCUT2D eigenvalue weighted by atomic mass is 19.4. The van der Waals surface area contributed by atoms with E-state index in [0.717, 1.165) is 18.3 Å². The predicted molar refractivity (Wildman–Crippen MR) is 134 cm³/mol. The minimum absolute atomic E-state index is 0.0355. The number of hydrogen-bond donors (Lipinski definition) is 0. The molecular weight excluding hydrogens is 535 g/mol. The Morgan fingerprint density at radius 1 is 0.667 bits per heavy atom. The highest BCUT2D eigenvalue weighted by Crippen LogP contribution is 2.54. The van der Waals surface area contributed by atoms with Gasteiger partial charge in [0.25, 0.3) is 0 Å². The van der Waals surface area contributed by atoms with Crippen LogP contribution in [-0.2, 0) is 6.42 Å². The number of halogens is 9. The lowest BCUT2D eigenvalue weighted by Gasteiger charge is -2.33. The fourth-order valence-corrected chi connectivity index (χ4v) is 5.17. The molecular formula is C29H41F9O. The summed E-state index contributed by atoms with van der Waals surface area (Å²) in [6.45, 7) is 2.47. The molecule has 0 spiro atoms. The fraction of sp³-hybridized carbons (Fsp3) is 0.793. The van der Waals surface area contributed by atoms with Crippen molar-refractivity contribution in [3.8, 4) is 5.75 Å². The van der Waals surface area contributed by atoms with Gasteiger partial charge in [-0.3, -0.25) is 0 Å². The van der Waals surface area contributed by atoms with Gasteiger partial charge in [-0.1, -0.05) is 83.3 Å². The van der Waals surface area contributed by atoms with Crippen molar-refractivity contribution in [2.24, 2.45) is 11.8 Å². The summed E-state index contributed by atoms with van der Waals surface area (Å²) in [5.74, 6) is -16.5. The van der Waals surface area contributed by atoms with Crippen molar-refractivity contribution in [2.75, 3.05) is 6.61 Å². The zero-order valence-corrected chi connectivity index (χ0v) is 22.6. The van der Waals surface area contributed by atoms with E-state index >= 15 is 0 Å². The first kappa shape index (κ1) is 33.6. The topological polar surface area (TPSA) is 9.23 Å². The Morgan fingerprint density at radius 3 is 1.79 bits per heavy atom. The lowest BCUT2D eigenvalue weighted by atomic mass is 9.78. The molecule has 39 heavy (non-hydrogen) atoms. The third kappa shape index (κ3) is 9.76. The maximum atomic E-state index is 13.5. The Balaban J connectivity index is 1.60. The summed E-state index contributed by atoms with van der Waals surface area (Å²) >= 11 is 0. The van der Waals surface area contributed by atoms with Crippen LogP contribution in [0.2, 0.25) is 0 Å². The van der Waals surface area contributed by atoms with E-state index in [1.165, 1.54) is 63.4 Å². The van der Waals surface area contributed by atoms with Gasteiger partial charge in [0, 0.05) is 6.42 Å². The molecule has 0 saturated heterocycles. The van der Waals surface area contributed by atoms with Crippen molar-refractivity contribution in [3.63, 3.8) is 0 Å². The summed E-state index contributed by atoms with van der Waals surface area (Å²) in [5.41, 5.74) is 1.22. The van der Waals surface area contributed by atoms with Gasteiger partial charge in [-0.15, -0.1) is 0 Å². The van der Waals surface area contributed by atoms with Gasteiger partial charge in [0.2, 0.25) is 0 Å². The van der Waals surface area contributed by atoms with Crippen LogP contribution in [0.3, 0.4) is 0 Å². The van der Waals surface area contributed by atoms with Crippen molar-refractivity contribution >= 4 is 0 Å². The molecule has 0 bridgehead atoms. The van der Waals surface area contributed by atoms with Crippen LogP contribution in [0, 0.1) is 11.8 Å². The molecule has 1 aromatic rings. The van der Waals surface area contributed by atoms with E-state index in [2.05, 4.69) is 6.92 Å². The number of rotatable bonds is 17. The van der Waals surface area contributed by atoms with Crippen LogP contribution >= 0.6 is 0 Å². The quantitative estimate of drug-likeness (QED) is 0.132. The lowest BCUT2D eigenvalue weighted by Crippen LogP contribution is -2.60. The fourth-order valence-electron chi connectivity index (χ4n) is 5.17. The van der Waals surface area contributed by atoms with Gasteiger partial charge in [0.05, 0.1) is 6.61 Å². The third-order valence-electron chi connectivity index (χ3n) is 7.81. The molecule has 0 aromatic heterocycles. The maximum absolute atomic E-state index is 13.5. The van der Waals surface area contributed by atoms with Gasteiger partial charge >= 0.3 is 23.9 Å². The average Bonchev–Trinajstić information content (AvgIpc) is 2.87. The van der Waals surface area contributed by atoms with Crippen LogP contribution in [0.5, 0.6) is 5.75 Å². The first-order chi connectivity index (χ1) is 18.2. The molecule has 0 atom stereocenters. The smallest absolute Gasteiger partial charge is 0.460 e. The number of hydrogen-bond acceptors (Lipinski definition) is 1. The third-order valence-corrected chi connectivity index (χ3v) is 7.81. The highest BCUT2D eigenvalue weighted by molar-refractivity contribution is 5.27. The Morgan fingerprint density at radius 2 is 1.23 bits per heavy atom. The highest BCUT2D eigenvalue weighted by Gasteiger charge is 2.81. The van der Waals surface area contributed by atoms with Crippen LogP contribution in [0.25, 0.3) is 0 Å². The van der Waals surface area contributed by atoms with Gasteiger partial charge in [-0.2, -0.15) is 39.5 Å². The average molecular weight is 577 g/mol. The van der Waals surface area contributed by atoms with Gasteiger partial charge < -0.3 is 4.74 Å². The zero-order chi connectivity index (χ0) is 29.2. The van der Waals surface area contributed by atoms with Gasteiger partial charge in [0.15, 0.2) is 0 Å². The molecule has 1 saturated carbocycles. The van der Waals surface area contributed by atoms with E-state index in [4.69, 9.17) is 4.74 Å². The molecule has 0 unspecified atom stereocenters. The molecule has 1 fully saturated rings. The van der Waals surface area contributed by atoms with Crippen LogP contribution in [0.1, 0.15) is 102 Å². The molecule has 1 aliphatic carbocycles. The molecule has 0 heterocycles. The molecule has 10 heteroatoms. The molecule has 226 valence electrons. The van der Waals surface area contributed by atoms with Gasteiger partial charge in [-0.05, 0) is 55.2 Å². The van der Waals surface area contributed by atoms with Crippen molar-refractivity contribution < 1.29 is 44.3 Å². The summed E-state index contributed by atoms with van der Waals surface area (Å²) in [4.78, 5) is 0. The van der Waals surface area contributed by atoms with E-state index in [9.17, 15) is 39.5 Å². The van der Waals surface area contributed by atoms with Crippen molar-refractivity contribution in [2.45, 2.75) is 127 Å². The summed E-state index contributed by atoms with van der Waals surface area (Å²) in [7, 11) is 0. The van der Waals surface area contributed by atoms with E-state index in [-0.39, 0.29) is 19.4 Å². The van der Waals surface area contributed by atoms with Crippen molar-refractivity contribution in [1.82, 2.24) is 0 Å². The van der Waals surface area contributed by atoms with Crippen LogP contribution < -0.4 is 4.74 Å². The molecule has 0 N–H and O–H groups in total. The minimum Gasteiger partial charge on any atom is -0.494 e. The van der Waals surface area contributed by atoms with Crippen LogP contribution in [0.4, 0.5) is 39.5 Å². The van der Waals surface area contributed by atoms with Crippen molar-refractivity contribution in [3.05, 3.63) is 29.8 Å². The Kier molecular flexibility index (Phi) is 12.8. The minimum atomic E-state index is -6.82. The maximum Gasteiger partial charge on any atom is 0.460 e. The van der Waals surface area contributed by atoms with E-state index in [0.29, 0.717) is 12.2 Å². The molecule has 1 nitrogen and oxygen atoms in total. The monoisotopic (exact) mass is 576 g/mol. The summed E-state index contributed by atoms with van der Waals surface area (Å²) in [5, 5.41) is 0. The molecule has 1 aromatic carbocycles. The first-order valence-corrected chi connectivity index (χ1v) is 14.1. The number of benzene rings is 1. The zero-order valence-electron chi connectivity index (χ0n) is 22.6. The number of alkyl halides is 9. The van der Waals surface area contributed by atoms with E-state index in [1.807, 2.05) is 24.3 Å². The second-order valence-electron chi connectivity index (χ2n) is 10.9. The normalized spacial score (nSPS) is 19.3. The van der Waals surface area contributed by atoms with Gasteiger partial charge in [-0.25, -0.2) is 0 Å². The summed E-state index contributed by atoms with van der Waals surface area (Å²) in [6, 6.07) is 7.71. The van der Waals surface area contributed by atoms with Crippen LogP contribution in [0.15, 0.2) is 24.3 Å². The SMILES string of the molecule is CCCCCC1CCC(CCc2ccc(OCCCCCCC(F)(F)C(F)(F)C(F)(F)C(F)(F)F)cc2)CC1. The second-order valence-corrected chi connectivity index (χ2v) is 10.9. The number of unbranched alkanes of at least 4 members (excludes halogenated alkanes) is 5. The first-order valence-electron chi connectivity index (χ1n) is 14.1. The Bertz CT molecular complexity index is 813. The predicted octanol–water partition coefficient (Wildman–Crippen LogP) is 10.8. The van der Waals surface area contributed by atoms with Crippen molar-refractivity contribution in [1.29, 1.82) is 0 Å². The molecule has 0 radical (unpaired) electrons. The Hall–Kier alpha value is -1.61.